The Balaban J connectivity index is 1.70. The smallest absolute Gasteiger partial charge is 0.349 e. The number of aryl methyl sites for hydroxylation is 1. The first-order chi connectivity index (χ1) is 16.0. The van der Waals surface area contributed by atoms with Crippen molar-refractivity contribution in [2.75, 3.05) is 20.3 Å². The van der Waals surface area contributed by atoms with Gasteiger partial charge in [0.25, 0.3) is 5.89 Å². The van der Waals surface area contributed by atoms with Gasteiger partial charge in [-0.2, -0.15) is 10.2 Å². The molecule has 0 saturated carbocycles. The zero-order chi connectivity index (χ0) is 23.8. The van der Waals surface area contributed by atoms with Crippen molar-refractivity contribution in [2.24, 2.45) is 0 Å². The van der Waals surface area contributed by atoms with E-state index in [-0.39, 0.29) is 18.1 Å². The quantitative estimate of drug-likeness (QED) is 0.260. The molecule has 2 heterocycles. The van der Waals surface area contributed by atoms with Crippen LogP contribution in [-0.4, -0.2) is 41.0 Å². The van der Waals surface area contributed by atoms with Gasteiger partial charge in [0.05, 0.1) is 18.8 Å². The molecule has 0 aliphatic carbocycles. The summed E-state index contributed by atoms with van der Waals surface area (Å²) in [6, 6.07) is 11.1. The van der Waals surface area contributed by atoms with Crippen molar-refractivity contribution in [1.29, 1.82) is 5.26 Å². The number of nitrogens with zero attached hydrogens (tertiary/aromatic N) is 4. The summed E-state index contributed by atoms with van der Waals surface area (Å²) in [5.74, 6) is 0.292. The summed E-state index contributed by atoms with van der Waals surface area (Å²) in [5.41, 5.74) is 3.25. The number of esters is 1. The Bertz CT molecular complexity index is 1190. The van der Waals surface area contributed by atoms with Crippen molar-refractivity contribution in [1.82, 2.24) is 14.7 Å². The Labute approximate surface area is 192 Å². The molecule has 33 heavy (non-hydrogen) atoms. The molecule has 9 heteroatoms. The molecule has 0 N–H and O–H groups in total. The first kappa shape index (κ1) is 23.8. The summed E-state index contributed by atoms with van der Waals surface area (Å²) in [6.07, 6.45) is 1.52. The highest BCUT2D eigenvalue weighted by Crippen LogP contribution is 2.27. The molecule has 0 amide bonds. The molecule has 0 atom stereocenters. The average molecular weight is 450 g/mol. The maximum absolute atomic E-state index is 12.5. The van der Waals surface area contributed by atoms with E-state index in [4.69, 9.17) is 18.7 Å². The van der Waals surface area contributed by atoms with Crippen molar-refractivity contribution in [3.05, 3.63) is 58.7 Å². The molecule has 3 rings (SSSR count). The van der Waals surface area contributed by atoms with E-state index in [1.807, 2.05) is 57.2 Å². The largest absolute Gasteiger partial charge is 0.493 e. The van der Waals surface area contributed by atoms with Crippen LogP contribution in [0.2, 0.25) is 0 Å². The summed E-state index contributed by atoms with van der Waals surface area (Å²) in [4.78, 5) is 16.8. The van der Waals surface area contributed by atoms with Crippen LogP contribution < -0.4 is 4.74 Å². The maximum atomic E-state index is 12.5. The predicted molar refractivity (Wildman–Crippen MR) is 120 cm³/mol. The van der Waals surface area contributed by atoms with Gasteiger partial charge in [0.15, 0.2) is 6.61 Å². The van der Waals surface area contributed by atoms with Crippen molar-refractivity contribution in [3.63, 3.8) is 0 Å². The Morgan fingerprint density at radius 1 is 1.30 bits per heavy atom. The molecular weight excluding hydrogens is 424 g/mol. The van der Waals surface area contributed by atoms with Gasteiger partial charge in [0, 0.05) is 25.0 Å². The average Bonchev–Trinajstić information content (AvgIpc) is 3.39. The lowest BCUT2D eigenvalue weighted by Crippen LogP contribution is -2.08. The number of rotatable bonds is 10. The number of para-hydroxylation sites is 1. The summed E-state index contributed by atoms with van der Waals surface area (Å²) < 4.78 is 23.2. The zero-order valence-electron chi connectivity index (χ0n) is 19.1. The Morgan fingerprint density at radius 3 is 2.82 bits per heavy atom. The van der Waals surface area contributed by atoms with Gasteiger partial charge in [-0.25, -0.2) is 4.79 Å². The van der Waals surface area contributed by atoms with Crippen molar-refractivity contribution in [2.45, 2.75) is 33.9 Å². The fourth-order valence-electron chi connectivity index (χ4n) is 3.35. The molecule has 0 bridgehead atoms. The van der Waals surface area contributed by atoms with Crippen LogP contribution in [0.15, 0.2) is 40.4 Å². The van der Waals surface area contributed by atoms with E-state index in [0.29, 0.717) is 36.9 Å². The SMILES string of the molecule is CCOc1ccccc1-c1noc(COC(=O)/C(C#N)=C/c2cc(C)n(CCOC)c2C)n1. The van der Waals surface area contributed by atoms with Crippen LogP contribution in [0.4, 0.5) is 0 Å². The van der Waals surface area contributed by atoms with E-state index in [9.17, 15) is 10.1 Å². The van der Waals surface area contributed by atoms with Gasteiger partial charge >= 0.3 is 5.97 Å². The van der Waals surface area contributed by atoms with Crippen LogP contribution in [0.5, 0.6) is 5.75 Å². The number of carbonyl (C=O) groups is 1. The van der Waals surface area contributed by atoms with Crippen LogP contribution in [0.3, 0.4) is 0 Å². The van der Waals surface area contributed by atoms with E-state index in [1.54, 1.807) is 7.11 Å². The van der Waals surface area contributed by atoms with Crippen LogP contribution in [0, 0.1) is 25.2 Å². The predicted octanol–water partition coefficient (Wildman–Crippen LogP) is 3.85. The van der Waals surface area contributed by atoms with Gasteiger partial charge in [-0.1, -0.05) is 17.3 Å². The first-order valence-electron chi connectivity index (χ1n) is 10.5. The standard InChI is InChI=1S/C24H26N4O5/c1-5-31-21-9-7-6-8-20(21)23-26-22(33-27-23)15-32-24(29)19(14-25)13-18-12-16(2)28(17(18)3)10-11-30-4/h6-9,12-13H,5,10-11,15H2,1-4H3/b19-13+. The van der Waals surface area contributed by atoms with E-state index >= 15 is 0 Å². The molecule has 0 saturated heterocycles. The van der Waals surface area contributed by atoms with Gasteiger partial charge in [0.2, 0.25) is 5.82 Å². The topological polar surface area (TPSA) is 112 Å². The minimum atomic E-state index is -0.770. The van der Waals surface area contributed by atoms with Crippen LogP contribution >= 0.6 is 0 Å². The monoisotopic (exact) mass is 450 g/mol. The van der Waals surface area contributed by atoms with Crippen molar-refractivity contribution in [3.8, 4) is 23.2 Å². The number of benzene rings is 1. The minimum Gasteiger partial charge on any atom is -0.493 e. The molecule has 172 valence electrons. The number of hydrogen-bond donors (Lipinski definition) is 0. The second kappa shape index (κ2) is 11.1. The number of aromatic nitrogens is 3. The van der Waals surface area contributed by atoms with Crippen molar-refractivity contribution < 1.29 is 23.5 Å². The maximum Gasteiger partial charge on any atom is 0.349 e. The molecule has 0 aliphatic heterocycles. The number of hydrogen-bond acceptors (Lipinski definition) is 8. The zero-order valence-corrected chi connectivity index (χ0v) is 19.1. The molecule has 0 aliphatic rings. The summed E-state index contributed by atoms with van der Waals surface area (Å²) in [5, 5.41) is 13.4. The molecule has 9 nitrogen and oxygen atoms in total. The van der Waals surface area contributed by atoms with E-state index < -0.39 is 5.97 Å². The molecular formula is C24H26N4O5. The lowest BCUT2D eigenvalue weighted by Gasteiger charge is -2.08. The van der Waals surface area contributed by atoms with Crippen LogP contribution in [-0.2, 0) is 27.4 Å². The molecule has 0 fully saturated rings. The molecule has 2 aromatic heterocycles. The van der Waals surface area contributed by atoms with Gasteiger partial charge < -0.3 is 23.3 Å². The third-order valence-electron chi connectivity index (χ3n) is 4.99. The fourth-order valence-corrected chi connectivity index (χ4v) is 3.35. The Hall–Kier alpha value is -3.90. The molecule has 0 spiro atoms. The summed E-state index contributed by atoms with van der Waals surface area (Å²) in [7, 11) is 1.64. The van der Waals surface area contributed by atoms with Gasteiger partial charge in [-0.15, -0.1) is 0 Å². The van der Waals surface area contributed by atoms with Gasteiger partial charge in [-0.05, 0) is 50.6 Å². The second-order valence-corrected chi connectivity index (χ2v) is 7.16. The lowest BCUT2D eigenvalue weighted by molar-refractivity contribution is -0.140. The summed E-state index contributed by atoms with van der Waals surface area (Å²) in [6.45, 7) is 7.26. The molecule has 0 radical (unpaired) electrons. The highest BCUT2D eigenvalue weighted by molar-refractivity contribution is 5.98. The van der Waals surface area contributed by atoms with Gasteiger partial charge in [0.1, 0.15) is 17.4 Å². The highest BCUT2D eigenvalue weighted by atomic mass is 16.6. The lowest BCUT2D eigenvalue weighted by atomic mass is 10.1. The molecule has 1 aromatic carbocycles. The highest BCUT2D eigenvalue weighted by Gasteiger charge is 2.17. The first-order valence-corrected chi connectivity index (χ1v) is 10.5. The number of nitriles is 1. The van der Waals surface area contributed by atoms with E-state index in [0.717, 1.165) is 17.0 Å². The molecule has 0 unspecified atom stereocenters. The normalized spacial score (nSPS) is 11.3. The number of methoxy groups -OCH3 is 1. The minimum absolute atomic E-state index is 0.111. The molecule has 3 aromatic rings. The van der Waals surface area contributed by atoms with Crippen molar-refractivity contribution >= 4 is 12.0 Å². The third-order valence-corrected chi connectivity index (χ3v) is 4.99. The Kier molecular flexibility index (Phi) is 8.00. The third kappa shape index (κ3) is 5.67. The van der Waals surface area contributed by atoms with E-state index in [2.05, 4.69) is 14.7 Å². The number of carbonyl (C=O) groups excluding carboxylic acids is 1. The van der Waals surface area contributed by atoms with E-state index in [1.165, 1.54) is 6.08 Å². The number of ether oxygens (including phenoxy) is 3. The van der Waals surface area contributed by atoms with Crippen LogP contribution in [0.1, 0.15) is 29.8 Å². The fraction of sp³-hybridized carbons (Fsp3) is 0.333. The second-order valence-electron chi connectivity index (χ2n) is 7.16. The van der Waals surface area contributed by atoms with Crippen LogP contribution in [0.25, 0.3) is 17.5 Å². The Morgan fingerprint density at radius 2 is 2.09 bits per heavy atom. The summed E-state index contributed by atoms with van der Waals surface area (Å²) >= 11 is 0. The van der Waals surface area contributed by atoms with Gasteiger partial charge in [-0.3, -0.25) is 0 Å².